The van der Waals surface area contributed by atoms with Gasteiger partial charge in [-0.3, -0.25) is 0 Å². The summed E-state index contributed by atoms with van der Waals surface area (Å²) in [6.07, 6.45) is 8.68. The van der Waals surface area contributed by atoms with Gasteiger partial charge in [0.25, 0.3) is 0 Å². The molecule has 0 aliphatic heterocycles. The van der Waals surface area contributed by atoms with Gasteiger partial charge in [-0.2, -0.15) is 0 Å². The summed E-state index contributed by atoms with van der Waals surface area (Å²) >= 11 is 0.269. The first-order valence-corrected chi connectivity index (χ1v) is 11.5. The minimum Gasteiger partial charge on any atom is -0.611 e. The van der Waals surface area contributed by atoms with Gasteiger partial charge in [-0.15, -0.1) is 0 Å². The van der Waals surface area contributed by atoms with Crippen LogP contribution in [0.3, 0.4) is 0 Å². The van der Waals surface area contributed by atoms with Crippen LogP contribution in [0, 0.1) is 6.92 Å². The molecule has 0 amide bonds. The molecule has 4 rings (SSSR count). The number of nitrogens with zero attached hydrogens (tertiary/aromatic N) is 5. The fourth-order valence-electron chi connectivity index (χ4n) is 3.17. The van der Waals surface area contributed by atoms with Gasteiger partial charge in [0.05, 0.1) is 17.6 Å². The first kappa shape index (κ1) is 19.8. The monoisotopic (exact) mass is 426 g/mol. The van der Waals surface area contributed by atoms with Crippen LogP contribution in [-0.4, -0.2) is 34.8 Å². The Labute approximate surface area is 176 Å². The van der Waals surface area contributed by atoms with Crippen molar-refractivity contribution in [3.05, 3.63) is 36.8 Å². The SMILES string of the molecule is CCCC[S@+]([O-])c1sc2nc(-c3cncnc3)cc(-c3cnc(C)n3C)c2c1N. The van der Waals surface area contributed by atoms with Gasteiger partial charge in [-0.1, -0.05) is 24.7 Å². The number of aryl methyl sites for hydroxylation is 1. The second kappa shape index (κ2) is 8.10. The van der Waals surface area contributed by atoms with Crippen molar-refractivity contribution in [3.8, 4) is 22.5 Å². The Hall–Kier alpha value is -2.49. The molecule has 0 fully saturated rings. The third kappa shape index (κ3) is 3.61. The molecule has 9 heteroatoms. The molecule has 0 bridgehead atoms. The lowest BCUT2D eigenvalue weighted by Crippen LogP contribution is -2.07. The van der Waals surface area contributed by atoms with E-state index in [1.165, 1.54) is 17.7 Å². The third-order valence-corrected chi connectivity index (χ3v) is 7.90. The summed E-state index contributed by atoms with van der Waals surface area (Å²) in [7, 11) is 1.97. The molecule has 29 heavy (non-hydrogen) atoms. The summed E-state index contributed by atoms with van der Waals surface area (Å²) in [6.45, 7) is 4.04. The van der Waals surface area contributed by atoms with E-state index in [4.69, 9.17) is 10.7 Å². The van der Waals surface area contributed by atoms with Crippen molar-refractivity contribution in [3.63, 3.8) is 0 Å². The van der Waals surface area contributed by atoms with Crippen molar-refractivity contribution in [1.29, 1.82) is 0 Å². The normalized spacial score (nSPS) is 12.6. The maximum atomic E-state index is 12.8. The van der Waals surface area contributed by atoms with Crippen LogP contribution in [0.2, 0.25) is 0 Å². The Balaban J connectivity index is 1.97. The van der Waals surface area contributed by atoms with E-state index in [0.29, 0.717) is 15.6 Å². The van der Waals surface area contributed by atoms with Crippen LogP contribution in [0.25, 0.3) is 32.7 Å². The molecule has 0 aliphatic carbocycles. The third-order valence-electron chi connectivity index (χ3n) is 4.91. The van der Waals surface area contributed by atoms with E-state index >= 15 is 0 Å². The van der Waals surface area contributed by atoms with Crippen LogP contribution in [0.1, 0.15) is 25.6 Å². The lowest BCUT2D eigenvalue weighted by atomic mass is 10.1. The molecule has 0 radical (unpaired) electrons. The van der Waals surface area contributed by atoms with Gasteiger partial charge in [-0.05, 0) is 30.6 Å². The van der Waals surface area contributed by atoms with Gasteiger partial charge in [-0.25, -0.2) is 19.9 Å². The number of imidazole rings is 1. The van der Waals surface area contributed by atoms with E-state index in [-0.39, 0.29) is 0 Å². The molecule has 4 heterocycles. The van der Waals surface area contributed by atoms with Crippen molar-refractivity contribution >= 4 is 38.4 Å². The van der Waals surface area contributed by atoms with Gasteiger partial charge < -0.3 is 14.9 Å². The number of pyridine rings is 1. The molecule has 150 valence electrons. The van der Waals surface area contributed by atoms with E-state index in [9.17, 15) is 4.55 Å². The van der Waals surface area contributed by atoms with E-state index < -0.39 is 11.2 Å². The summed E-state index contributed by atoms with van der Waals surface area (Å²) in [4.78, 5) is 18.2. The number of thiophene rings is 1. The molecule has 0 saturated heterocycles. The molecule has 0 aromatic carbocycles. The predicted molar refractivity (Wildman–Crippen MR) is 118 cm³/mol. The van der Waals surface area contributed by atoms with Crippen molar-refractivity contribution < 1.29 is 4.55 Å². The number of hydrogen-bond acceptors (Lipinski definition) is 7. The number of aromatic nitrogens is 5. The second-order valence-corrected chi connectivity index (χ2v) is 9.58. The molecule has 4 aromatic heterocycles. The van der Waals surface area contributed by atoms with E-state index in [0.717, 1.165) is 51.4 Å². The second-order valence-electron chi connectivity index (χ2n) is 6.82. The zero-order chi connectivity index (χ0) is 20.5. The molecule has 1 atom stereocenters. The largest absolute Gasteiger partial charge is 0.611 e. The van der Waals surface area contributed by atoms with Gasteiger partial charge in [0.2, 0.25) is 4.21 Å². The summed E-state index contributed by atoms with van der Waals surface area (Å²) < 4.78 is 15.6. The molecule has 0 aliphatic rings. The maximum absolute atomic E-state index is 12.8. The van der Waals surface area contributed by atoms with Crippen LogP contribution in [0.15, 0.2) is 35.2 Å². The summed E-state index contributed by atoms with van der Waals surface area (Å²) in [5, 5.41) is 0.832. The summed E-state index contributed by atoms with van der Waals surface area (Å²) in [6, 6.07) is 1.99. The molecule has 7 nitrogen and oxygen atoms in total. The topological polar surface area (TPSA) is 106 Å². The van der Waals surface area contributed by atoms with Crippen LogP contribution in [-0.2, 0) is 18.2 Å². The quantitative estimate of drug-likeness (QED) is 0.468. The Bertz CT molecular complexity index is 1150. The molecule has 0 spiro atoms. The number of nitrogens with two attached hydrogens (primary N) is 1. The Morgan fingerprint density at radius 2 is 2.00 bits per heavy atom. The number of unbranched alkanes of at least 4 members (excludes halogenated alkanes) is 1. The van der Waals surface area contributed by atoms with Crippen LogP contribution >= 0.6 is 11.3 Å². The number of rotatable bonds is 6. The highest BCUT2D eigenvalue weighted by Gasteiger charge is 2.25. The molecule has 2 N–H and O–H groups in total. The number of anilines is 1. The first-order chi connectivity index (χ1) is 14.0. The minimum atomic E-state index is -1.14. The maximum Gasteiger partial charge on any atom is 0.232 e. The zero-order valence-electron chi connectivity index (χ0n) is 16.5. The number of fused-ring (bicyclic) bond motifs is 1. The average molecular weight is 427 g/mol. The molecular weight excluding hydrogens is 404 g/mol. The average Bonchev–Trinajstić information content (AvgIpc) is 3.25. The van der Waals surface area contributed by atoms with Crippen molar-refractivity contribution in [1.82, 2.24) is 24.5 Å². The smallest absolute Gasteiger partial charge is 0.232 e. The Kier molecular flexibility index (Phi) is 5.53. The van der Waals surface area contributed by atoms with Crippen LogP contribution in [0.4, 0.5) is 5.69 Å². The standard InChI is InChI=1S/C20H22N6OS2/c1-4-5-6-29(27)20-18(21)17-14(16-10-24-12(2)26(16)3)7-15(25-19(17)28-20)13-8-22-11-23-9-13/h7-11H,4-6,21H2,1-3H3/t29-/m0/s1. The lowest BCUT2D eigenvalue weighted by Gasteiger charge is -2.10. The van der Waals surface area contributed by atoms with Crippen molar-refractivity contribution in [2.24, 2.45) is 7.05 Å². The van der Waals surface area contributed by atoms with E-state index in [2.05, 4.69) is 21.9 Å². The van der Waals surface area contributed by atoms with Crippen molar-refractivity contribution in [2.75, 3.05) is 11.5 Å². The lowest BCUT2D eigenvalue weighted by molar-refractivity contribution is 0.594. The predicted octanol–water partition coefficient (Wildman–Crippen LogP) is 3.95. The zero-order valence-corrected chi connectivity index (χ0v) is 18.2. The Morgan fingerprint density at radius 3 is 2.66 bits per heavy atom. The van der Waals surface area contributed by atoms with Crippen molar-refractivity contribution in [2.45, 2.75) is 30.9 Å². The van der Waals surface area contributed by atoms with Crippen LogP contribution < -0.4 is 5.73 Å². The van der Waals surface area contributed by atoms with E-state index in [1.807, 2.05) is 30.8 Å². The van der Waals surface area contributed by atoms with Gasteiger partial charge in [0, 0.05) is 36.0 Å². The fourth-order valence-corrected chi connectivity index (χ4v) is 5.97. The fraction of sp³-hybridized carbons (Fsp3) is 0.300. The molecule has 0 saturated carbocycles. The van der Waals surface area contributed by atoms with Crippen LogP contribution in [0.5, 0.6) is 0 Å². The Morgan fingerprint density at radius 1 is 1.24 bits per heavy atom. The number of nitrogen functional groups attached to an aromatic ring is 1. The summed E-state index contributed by atoms with van der Waals surface area (Å²) in [5.74, 6) is 1.50. The first-order valence-electron chi connectivity index (χ1n) is 9.36. The highest BCUT2D eigenvalue weighted by molar-refractivity contribution is 7.93. The molecule has 4 aromatic rings. The minimum absolute atomic E-state index is 0.552. The van der Waals surface area contributed by atoms with Gasteiger partial charge in [0.15, 0.2) is 0 Å². The van der Waals surface area contributed by atoms with Gasteiger partial charge in [0.1, 0.15) is 28.4 Å². The van der Waals surface area contributed by atoms with Gasteiger partial charge >= 0.3 is 0 Å². The molecular formula is C20H22N6OS2. The summed E-state index contributed by atoms with van der Waals surface area (Å²) in [5.41, 5.74) is 10.5. The molecule has 0 unspecified atom stereocenters. The van der Waals surface area contributed by atoms with E-state index in [1.54, 1.807) is 12.4 Å². The highest BCUT2D eigenvalue weighted by Crippen LogP contribution is 2.43. The highest BCUT2D eigenvalue weighted by atomic mass is 32.2. The number of hydrogen-bond donors (Lipinski definition) is 1.